The van der Waals surface area contributed by atoms with Crippen LogP contribution in [-0.2, 0) is 0 Å². The third-order valence-corrected chi connectivity index (χ3v) is 6.13. The summed E-state index contributed by atoms with van der Waals surface area (Å²) in [5, 5.41) is 8.46. The molecule has 11 heteroatoms. The summed E-state index contributed by atoms with van der Waals surface area (Å²) in [7, 11) is 0. The van der Waals surface area contributed by atoms with E-state index in [9.17, 15) is 0 Å². The Morgan fingerprint density at radius 3 is 2.69 bits per heavy atom. The molecule has 4 N–H and O–H groups in total. The summed E-state index contributed by atoms with van der Waals surface area (Å²) in [5.74, 6) is 1.43. The number of H-pyrrole nitrogens is 2. The van der Waals surface area contributed by atoms with Crippen molar-refractivity contribution in [3.63, 3.8) is 0 Å². The van der Waals surface area contributed by atoms with Gasteiger partial charge in [-0.05, 0) is 24.3 Å². The zero-order valence-electron chi connectivity index (χ0n) is 18.4. The first kappa shape index (κ1) is 19.7. The van der Waals surface area contributed by atoms with Gasteiger partial charge in [0.1, 0.15) is 22.7 Å². The predicted octanol–water partition coefficient (Wildman–Crippen LogP) is 2.56. The summed E-state index contributed by atoms with van der Waals surface area (Å²) in [6.07, 6.45) is 10.5. The second-order valence-corrected chi connectivity index (χ2v) is 8.50. The molecule has 0 aromatic carbocycles. The van der Waals surface area contributed by atoms with Gasteiger partial charge >= 0.3 is 0 Å². The number of nitrogens with one attached hydrogen (secondary N) is 2. The molecule has 0 spiro atoms. The highest BCUT2D eigenvalue weighted by Crippen LogP contribution is 2.31. The number of nitrogens with zero attached hydrogens (tertiary/aromatic N) is 8. The predicted molar refractivity (Wildman–Crippen MR) is 131 cm³/mol. The number of imidazole rings is 1. The summed E-state index contributed by atoms with van der Waals surface area (Å²) >= 11 is 0. The number of nitrogens with two attached hydrogens (primary N) is 1. The van der Waals surface area contributed by atoms with Gasteiger partial charge in [-0.1, -0.05) is 0 Å². The summed E-state index contributed by atoms with van der Waals surface area (Å²) in [6, 6.07) is 7.88. The number of hydrogen-bond donors (Lipinski definition) is 3. The Morgan fingerprint density at radius 2 is 1.83 bits per heavy atom. The number of anilines is 1. The molecule has 0 bridgehead atoms. The number of fused-ring (bicyclic) bond motifs is 2. The second-order valence-electron chi connectivity index (χ2n) is 8.50. The first-order valence-corrected chi connectivity index (χ1v) is 11.2. The van der Waals surface area contributed by atoms with E-state index in [2.05, 4.69) is 40.0 Å². The van der Waals surface area contributed by atoms with Crippen molar-refractivity contribution < 1.29 is 0 Å². The zero-order valence-corrected chi connectivity index (χ0v) is 18.4. The van der Waals surface area contributed by atoms with E-state index >= 15 is 0 Å². The number of aromatic nitrogens is 9. The molecule has 1 aliphatic heterocycles. The molecule has 7 heterocycles. The molecule has 0 amide bonds. The summed E-state index contributed by atoms with van der Waals surface area (Å²) in [5.41, 5.74) is 12.1. The molecule has 1 aliphatic rings. The van der Waals surface area contributed by atoms with Gasteiger partial charge in [-0.3, -0.25) is 25.0 Å². The number of rotatable bonds is 4. The zero-order chi connectivity index (χ0) is 23.4. The van der Waals surface area contributed by atoms with E-state index in [1.807, 2.05) is 24.3 Å². The van der Waals surface area contributed by atoms with Crippen LogP contribution in [0.1, 0.15) is 0 Å². The Bertz CT molecular complexity index is 1680. The van der Waals surface area contributed by atoms with Crippen molar-refractivity contribution in [2.75, 3.05) is 18.0 Å². The minimum absolute atomic E-state index is 0.182. The van der Waals surface area contributed by atoms with Gasteiger partial charge in [0.25, 0.3) is 0 Å². The minimum atomic E-state index is 0.182. The van der Waals surface area contributed by atoms with Crippen molar-refractivity contribution in [2.24, 2.45) is 5.73 Å². The Hall–Kier alpha value is -4.77. The number of hydrogen-bond acceptors (Lipinski definition) is 9. The highest BCUT2D eigenvalue weighted by molar-refractivity contribution is 5.96. The maximum absolute atomic E-state index is 5.92. The Morgan fingerprint density at radius 1 is 0.886 bits per heavy atom. The normalized spacial score (nSPS) is 14.0. The molecule has 0 unspecified atom stereocenters. The summed E-state index contributed by atoms with van der Waals surface area (Å²) < 4.78 is 0. The molecule has 0 saturated carbocycles. The van der Waals surface area contributed by atoms with Gasteiger partial charge in [-0.2, -0.15) is 5.10 Å². The maximum atomic E-state index is 5.92. The van der Waals surface area contributed by atoms with Crippen LogP contribution < -0.4 is 10.6 Å². The van der Waals surface area contributed by atoms with Crippen molar-refractivity contribution in [3.8, 4) is 34.2 Å². The molecule has 0 radical (unpaired) electrons. The molecular weight excluding hydrogens is 442 g/mol. The molecule has 6 aromatic heterocycles. The first-order valence-electron chi connectivity index (χ1n) is 11.2. The molecule has 6 aromatic rings. The first-order chi connectivity index (χ1) is 17.2. The lowest BCUT2D eigenvalue weighted by Gasteiger charge is -2.37. The van der Waals surface area contributed by atoms with Crippen molar-refractivity contribution in [2.45, 2.75) is 6.04 Å². The van der Waals surface area contributed by atoms with Gasteiger partial charge in [0.05, 0.1) is 41.0 Å². The lowest BCUT2D eigenvalue weighted by molar-refractivity contribution is 0.514. The number of pyridine rings is 3. The Balaban J connectivity index is 1.31. The van der Waals surface area contributed by atoms with Gasteiger partial charge < -0.3 is 15.6 Å². The molecule has 11 nitrogen and oxygen atoms in total. The van der Waals surface area contributed by atoms with Crippen molar-refractivity contribution >= 4 is 27.8 Å². The molecule has 0 atom stereocenters. The maximum Gasteiger partial charge on any atom is 0.159 e. The fraction of sp³-hybridized carbons (Fsp3) is 0.125. The van der Waals surface area contributed by atoms with Crippen LogP contribution in [-0.4, -0.2) is 64.2 Å². The van der Waals surface area contributed by atoms with Crippen LogP contribution in [0.3, 0.4) is 0 Å². The SMILES string of the molecule is NC1CN(c2cncc(-c3cc4c(-c5nc6c(-c7cccnc7)nccc6[nH]5)n[nH]c4cn3)n2)C1. The standard InChI is InChI=1S/C24H19N11/c25-14-11-35(12-14)20-10-27-8-19(30-20)17-6-15-18(9-29-17)33-34-22(15)24-31-16-3-5-28-21(23(16)32-24)13-2-1-4-26-7-13/h1-10,14H,11-12,25H2,(H,31,32)(H,33,34). The van der Waals surface area contributed by atoms with E-state index in [0.29, 0.717) is 22.9 Å². The molecular formula is C24H19N11. The van der Waals surface area contributed by atoms with Crippen LogP contribution in [0.15, 0.2) is 61.4 Å². The Kier molecular flexibility index (Phi) is 4.29. The van der Waals surface area contributed by atoms with Crippen LogP contribution in [0.2, 0.25) is 0 Å². The smallest absolute Gasteiger partial charge is 0.159 e. The molecule has 170 valence electrons. The van der Waals surface area contributed by atoms with E-state index in [1.165, 1.54) is 0 Å². The van der Waals surface area contributed by atoms with Crippen LogP contribution in [0.25, 0.3) is 56.1 Å². The van der Waals surface area contributed by atoms with Crippen molar-refractivity contribution in [3.05, 3.63) is 61.4 Å². The highest BCUT2D eigenvalue weighted by atomic mass is 15.3. The van der Waals surface area contributed by atoms with Gasteiger partial charge in [0, 0.05) is 48.7 Å². The summed E-state index contributed by atoms with van der Waals surface area (Å²) in [4.78, 5) is 32.8. The summed E-state index contributed by atoms with van der Waals surface area (Å²) in [6.45, 7) is 1.55. The molecule has 35 heavy (non-hydrogen) atoms. The molecule has 1 fully saturated rings. The van der Waals surface area contributed by atoms with E-state index in [0.717, 1.165) is 52.1 Å². The van der Waals surface area contributed by atoms with E-state index in [1.54, 1.807) is 37.2 Å². The van der Waals surface area contributed by atoms with Crippen LogP contribution >= 0.6 is 0 Å². The van der Waals surface area contributed by atoms with Gasteiger partial charge in [0.15, 0.2) is 5.82 Å². The quantitative estimate of drug-likeness (QED) is 0.360. The van der Waals surface area contributed by atoms with Crippen LogP contribution in [0, 0.1) is 0 Å². The lowest BCUT2D eigenvalue weighted by Crippen LogP contribution is -2.56. The molecule has 7 rings (SSSR count). The van der Waals surface area contributed by atoms with E-state index < -0.39 is 0 Å². The van der Waals surface area contributed by atoms with Gasteiger partial charge in [-0.25, -0.2) is 9.97 Å². The van der Waals surface area contributed by atoms with Crippen LogP contribution in [0.5, 0.6) is 0 Å². The van der Waals surface area contributed by atoms with E-state index in [-0.39, 0.29) is 6.04 Å². The topological polar surface area (TPSA) is 151 Å². The number of aromatic amines is 2. The van der Waals surface area contributed by atoms with E-state index in [4.69, 9.17) is 15.7 Å². The molecule has 1 saturated heterocycles. The Labute approximate surface area is 198 Å². The van der Waals surface area contributed by atoms with Gasteiger partial charge in [-0.15, -0.1) is 0 Å². The van der Waals surface area contributed by atoms with Crippen LogP contribution in [0.4, 0.5) is 5.82 Å². The molecule has 0 aliphatic carbocycles. The fourth-order valence-corrected chi connectivity index (χ4v) is 4.33. The monoisotopic (exact) mass is 461 g/mol. The average Bonchev–Trinajstić information content (AvgIpc) is 3.51. The van der Waals surface area contributed by atoms with Crippen molar-refractivity contribution in [1.82, 2.24) is 45.1 Å². The largest absolute Gasteiger partial charge is 0.352 e. The third kappa shape index (κ3) is 3.28. The van der Waals surface area contributed by atoms with Gasteiger partial charge in [0.2, 0.25) is 0 Å². The van der Waals surface area contributed by atoms with Crippen molar-refractivity contribution in [1.29, 1.82) is 0 Å². The highest BCUT2D eigenvalue weighted by Gasteiger charge is 2.25. The third-order valence-electron chi connectivity index (χ3n) is 6.13. The average molecular weight is 461 g/mol. The minimum Gasteiger partial charge on any atom is -0.352 e. The lowest BCUT2D eigenvalue weighted by atomic mass is 10.1. The fourth-order valence-electron chi connectivity index (χ4n) is 4.33. The second kappa shape index (κ2) is 7.64.